The fraction of sp³-hybridized carbons (Fsp3) is 0.192. The van der Waals surface area contributed by atoms with Crippen LogP contribution >= 0.6 is 11.6 Å². The van der Waals surface area contributed by atoms with Gasteiger partial charge in [0.05, 0.1) is 46.4 Å². The summed E-state index contributed by atoms with van der Waals surface area (Å²) >= 11 is 6.41. The van der Waals surface area contributed by atoms with Gasteiger partial charge in [0.25, 0.3) is 5.56 Å². The minimum Gasteiger partial charge on any atom is -0.491 e. The number of halogens is 5. The van der Waals surface area contributed by atoms with E-state index in [0.29, 0.717) is 6.07 Å². The average Bonchev–Trinajstić information content (AvgIpc) is 3.19. The molecule has 0 aliphatic rings. The molecule has 1 atom stereocenters. The van der Waals surface area contributed by atoms with E-state index in [4.69, 9.17) is 22.1 Å². The zero-order valence-electron chi connectivity index (χ0n) is 22.0. The second-order valence-electron chi connectivity index (χ2n) is 9.44. The van der Waals surface area contributed by atoms with Crippen LogP contribution in [0.1, 0.15) is 17.4 Å². The Kier molecular flexibility index (Phi) is 7.37. The summed E-state index contributed by atoms with van der Waals surface area (Å²) in [5.74, 6) is -5.36. The summed E-state index contributed by atoms with van der Waals surface area (Å²) in [6, 6.07) is 4.98. The molecule has 10 nitrogen and oxygen atoms in total. The largest absolute Gasteiger partial charge is 0.491 e. The molecule has 2 heterocycles. The number of fused-ring (bicyclic) bond motifs is 2. The highest BCUT2D eigenvalue weighted by atomic mass is 35.5. The minimum atomic E-state index is -3.81. The van der Waals surface area contributed by atoms with Gasteiger partial charge in [0.15, 0.2) is 23.2 Å². The van der Waals surface area contributed by atoms with Crippen LogP contribution in [0.25, 0.3) is 27.5 Å². The van der Waals surface area contributed by atoms with Crippen molar-refractivity contribution in [2.75, 3.05) is 18.1 Å². The van der Waals surface area contributed by atoms with Crippen molar-refractivity contribution in [1.82, 2.24) is 19.3 Å². The van der Waals surface area contributed by atoms with Gasteiger partial charge in [-0.1, -0.05) is 11.6 Å². The van der Waals surface area contributed by atoms with Crippen LogP contribution in [0.2, 0.25) is 5.02 Å². The summed E-state index contributed by atoms with van der Waals surface area (Å²) in [7, 11) is -1.32. The Labute approximate surface area is 240 Å². The lowest BCUT2D eigenvalue weighted by Crippen LogP contribution is -2.30. The summed E-state index contributed by atoms with van der Waals surface area (Å²) < 4.78 is 91.1. The summed E-state index contributed by atoms with van der Waals surface area (Å²) in [4.78, 5) is 18.3. The topological polar surface area (TPSA) is 134 Å². The van der Waals surface area contributed by atoms with E-state index in [-0.39, 0.29) is 45.2 Å². The van der Waals surface area contributed by atoms with Gasteiger partial charge in [-0.2, -0.15) is 5.10 Å². The maximum atomic E-state index is 15.3. The number of sulfonamides is 1. The molecule has 0 saturated carbocycles. The van der Waals surface area contributed by atoms with E-state index in [1.54, 1.807) is 0 Å². The van der Waals surface area contributed by atoms with E-state index in [9.17, 15) is 26.4 Å². The predicted octanol–water partition coefficient (Wildman–Crippen LogP) is 4.10. The number of hydrogen-bond acceptors (Lipinski definition) is 7. The van der Waals surface area contributed by atoms with E-state index in [0.717, 1.165) is 36.1 Å². The number of nitrogens with zero attached hydrogens (tertiary/aromatic N) is 4. The van der Waals surface area contributed by atoms with Gasteiger partial charge in [0.1, 0.15) is 23.0 Å². The SMILES string of the molecule is COc1c(F)cc2c(=O)n(-c3ccc(Cl)c4c(NS(C)(=O)=O)nn(C)c34)c([C@@H](N)Cc3cc(F)cc(F)c3)nc2c1F. The minimum absolute atomic E-state index is 0.0258. The van der Waals surface area contributed by atoms with Crippen LogP contribution < -0.4 is 20.8 Å². The molecule has 0 radical (unpaired) electrons. The lowest BCUT2D eigenvalue weighted by atomic mass is 10.0. The normalized spacial score (nSPS) is 12.7. The molecule has 0 fully saturated rings. The number of aryl methyl sites for hydroxylation is 1. The van der Waals surface area contributed by atoms with Gasteiger partial charge in [-0.15, -0.1) is 0 Å². The number of nitrogens with two attached hydrogens (primary N) is 1. The number of aromatic nitrogens is 4. The number of anilines is 1. The Hall–Kier alpha value is -4.21. The van der Waals surface area contributed by atoms with E-state index < -0.39 is 61.5 Å². The molecule has 0 amide bonds. The molecule has 3 N–H and O–H groups in total. The first-order chi connectivity index (χ1) is 19.7. The summed E-state index contributed by atoms with van der Waals surface area (Å²) in [6.45, 7) is 0. The number of methoxy groups -OCH3 is 1. The zero-order valence-corrected chi connectivity index (χ0v) is 23.6. The van der Waals surface area contributed by atoms with Gasteiger partial charge in [-0.05, 0) is 42.3 Å². The molecule has 5 aromatic rings. The van der Waals surface area contributed by atoms with Gasteiger partial charge >= 0.3 is 0 Å². The van der Waals surface area contributed by atoms with Gasteiger partial charge in [0, 0.05) is 13.1 Å². The first kappa shape index (κ1) is 29.3. The number of hydrogen-bond donors (Lipinski definition) is 2. The van der Waals surface area contributed by atoms with Crippen molar-refractivity contribution in [2.45, 2.75) is 12.5 Å². The van der Waals surface area contributed by atoms with Crippen LogP contribution in [-0.4, -0.2) is 41.1 Å². The third-order valence-corrected chi connectivity index (χ3v) is 7.27. The van der Waals surface area contributed by atoms with Crippen molar-refractivity contribution >= 4 is 49.2 Å². The molecular weight excluding hydrogens is 604 g/mol. The third kappa shape index (κ3) is 5.14. The molecule has 0 aliphatic heterocycles. The molecule has 220 valence electrons. The van der Waals surface area contributed by atoms with Gasteiger partial charge in [-0.3, -0.25) is 18.8 Å². The van der Waals surface area contributed by atoms with Crippen molar-refractivity contribution < 1.29 is 30.7 Å². The van der Waals surface area contributed by atoms with Crippen LogP contribution in [0.5, 0.6) is 5.75 Å². The van der Waals surface area contributed by atoms with Crippen molar-refractivity contribution in [1.29, 1.82) is 0 Å². The molecule has 2 aromatic heterocycles. The summed E-state index contributed by atoms with van der Waals surface area (Å²) in [6.07, 6.45) is 0.655. The smallest absolute Gasteiger partial charge is 0.266 e. The first-order valence-corrected chi connectivity index (χ1v) is 14.3. The lowest BCUT2D eigenvalue weighted by Gasteiger charge is -2.20. The third-order valence-electron chi connectivity index (χ3n) is 6.39. The van der Waals surface area contributed by atoms with Crippen LogP contribution in [0.15, 0.2) is 41.2 Å². The second kappa shape index (κ2) is 10.6. The molecule has 0 bridgehead atoms. The van der Waals surface area contributed by atoms with Crippen LogP contribution in [-0.2, 0) is 23.5 Å². The van der Waals surface area contributed by atoms with Crippen molar-refractivity contribution in [3.05, 3.63) is 86.4 Å². The predicted molar refractivity (Wildman–Crippen MR) is 149 cm³/mol. The quantitative estimate of drug-likeness (QED) is 0.260. The highest BCUT2D eigenvalue weighted by molar-refractivity contribution is 7.92. The Morgan fingerprint density at radius 2 is 1.79 bits per heavy atom. The summed E-state index contributed by atoms with van der Waals surface area (Å²) in [5.41, 5.74) is 5.20. The molecule has 16 heteroatoms. The Balaban J connectivity index is 1.86. The number of ether oxygens (including phenoxy) is 1. The highest BCUT2D eigenvalue weighted by Gasteiger charge is 2.27. The molecule has 0 unspecified atom stereocenters. The van der Waals surface area contributed by atoms with E-state index in [2.05, 4.69) is 14.8 Å². The maximum absolute atomic E-state index is 15.3. The van der Waals surface area contributed by atoms with E-state index in [1.807, 2.05) is 0 Å². The Morgan fingerprint density at radius 3 is 2.40 bits per heavy atom. The van der Waals surface area contributed by atoms with Gasteiger partial charge in [0.2, 0.25) is 10.0 Å². The standard InChI is InChI=1S/C26H21ClF4N6O4S/c1-36-22-18(5-4-15(27)19(22)24(34-36)35-42(3,39)40)37-25(17(32)8-11-6-12(28)9-13(29)7-11)33-21-14(26(37)38)10-16(30)23(41-2)20(21)31/h4-7,9-10,17H,8,32H2,1-3H3,(H,34,35)/t17-/m0/s1. The van der Waals surface area contributed by atoms with Crippen molar-refractivity contribution in [3.8, 4) is 11.4 Å². The van der Waals surface area contributed by atoms with Crippen molar-refractivity contribution in [3.63, 3.8) is 0 Å². The Morgan fingerprint density at radius 1 is 1.12 bits per heavy atom. The monoisotopic (exact) mass is 624 g/mol. The molecule has 3 aromatic carbocycles. The number of benzene rings is 3. The first-order valence-electron chi connectivity index (χ1n) is 12.0. The molecule has 5 rings (SSSR count). The number of rotatable bonds is 7. The highest BCUT2D eigenvalue weighted by Crippen LogP contribution is 2.36. The average molecular weight is 625 g/mol. The number of nitrogens with one attached hydrogen (secondary N) is 1. The van der Waals surface area contributed by atoms with Crippen LogP contribution in [0.3, 0.4) is 0 Å². The maximum Gasteiger partial charge on any atom is 0.266 e. The molecule has 0 aliphatic carbocycles. The van der Waals surface area contributed by atoms with Gasteiger partial charge in [-0.25, -0.2) is 31.0 Å². The fourth-order valence-corrected chi connectivity index (χ4v) is 5.52. The molecular formula is C26H21ClF4N6O4S. The van der Waals surface area contributed by atoms with Crippen LogP contribution in [0.4, 0.5) is 23.4 Å². The van der Waals surface area contributed by atoms with Crippen molar-refractivity contribution in [2.24, 2.45) is 12.8 Å². The van der Waals surface area contributed by atoms with Gasteiger partial charge < -0.3 is 10.5 Å². The molecule has 42 heavy (non-hydrogen) atoms. The summed E-state index contributed by atoms with van der Waals surface area (Å²) in [5, 5.41) is 3.88. The Bertz CT molecular complexity index is 2060. The van der Waals surface area contributed by atoms with E-state index in [1.165, 1.54) is 23.9 Å². The van der Waals surface area contributed by atoms with Crippen LogP contribution in [0, 0.1) is 23.3 Å². The van der Waals surface area contributed by atoms with E-state index >= 15 is 4.39 Å². The molecule has 0 spiro atoms. The fourth-order valence-electron chi connectivity index (χ4n) is 4.78. The molecule has 0 saturated heterocycles. The lowest BCUT2D eigenvalue weighted by molar-refractivity contribution is 0.362. The zero-order chi connectivity index (χ0) is 30.7. The second-order valence-corrected chi connectivity index (χ2v) is 11.6.